The van der Waals surface area contributed by atoms with E-state index >= 15 is 0 Å². The van der Waals surface area contributed by atoms with Gasteiger partial charge in [0.25, 0.3) is 0 Å². The largest absolute Gasteiger partial charge is 0.463 e. The van der Waals surface area contributed by atoms with Crippen LogP contribution in [0.5, 0.6) is 0 Å². The van der Waals surface area contributed by atoms with Crippen LogP contribution in [-0.4, -0.2) is 72.8 Å². The Labute approximate surface area is 165 Å². The highest BCUT2D eigenvalue weighted by molar-refractivity contribution is 5.70. The lowest BCUT2D eigenvalue weighted by molar-refractivity contribution is -0.296. The van der Waals surface area contributed by atoms with Crippen LogP contribution in [0.4, 0.5) is 0 Å². The standard InChI is InChI=1S/C16H23N3O10/c1-8(20)25-7-11-13(26-9(2)21)14(15(16(24)28-11)27-10(3)22)29-12(23)5-4-6-18-19-17/h11,13-16,24H,4-7H2,1-3H3/t11-,13-,14+,15+,16+/m1/s1. The average Bonchev–Trinajstić information content (AvgIpc) is 2.61. The zero-order chi connectivity index (χ0) is 22.0. The van der Waals surface area contributed by atoms with E-state index in [0.717, 1.165) is 20.8 Å². The van der Waals surface area contributed by atoms with Crippen molar-refractivity contribution in [2.45, 2.75) is 64.3 Å². The van der Waals surface area contributed by atoms with Crippen LogP contribution >= 0.6 is 0 Å². The number of aliphatic hydroxyl groups excluding tert-OH is 1. The first-order valence-corrected chi connectivity index (χ1v) is 8.67. The molecule has 1 fully saturated rings. The zero-order valence-corrected chi connectivity index (χ0v) is 16.2. The van der Waals surface area contributed by atoms with Crippen LogP contribution in [0.2, 0.25) is 0 Å². The molecular weight excluding hydrogens is 394 g/mol. The molecule has 1 heterocycles. The van der Waals surface area contributed by atoms with Crippen molar-refractivity contribution in [1.82, 2.24) is 0 Å². The van der Waals surface area contributed by atoms with Gasteiger partial charge >= 0.3 is 23.9 Å². The molecule has 1 rings (SSSR count). The number of rotatable bonds is 9. The summed E-state index contributed by atoms with van der Waals surface area (Å²) in [7, 11) is 0. The van der Waals surface area contributed by atoms with Crippen LogP contribution in [0.15, 0.2) is 5.11 Å². The number of carbonyl (C=O) groups is 4. The van der Waals surface area contributed by atoms with Crippen molar-refractivity contribution in [1.29, 1.82) is 0 Å². The van der Waals surface area contributed by atoms with Crippen LogP contribution < -0.4 is 0 Å². The summed E-state index contributed by atoms with van der Waals surface area (Å²) in [5, 5.41) is 13.5. The Balaban J connectivity index is 3.06. The minimum atomic E-state index is -1.74. The second kappa shape index (κ2) is 11.8. The van der Waals surface area contributed by atoms with E-state index in [4.69, 9.17) is 29.2 Å². The fourth-order valence-electron chi connectivity index (χ4n) is 2.56. The molecule has 0 saturated carbocycles. The van der Waals surface area contributed by atoms with Gasteiger partial charge in [-0.1, -0.05) is 5.11 Å². The normalized spacial score (nSPS) is 25.9. The highest BCUT2D eigenvalue weighted by Crippen LogP contribution is 2.28. The predicted octanol–water partition coefficient (Wildman–Crippen LogP) is 0.132. The Morgan fingerprint density at radius 3 is 2.17 bits per heavy atom. The van der Waals surface area contributed by atoms with Crippen molar-refractivity contribution in [3.8, 4) is 0 Å². The lowest BCUT2D eigenvalue weighted by Gasteiger charge is -2.42. The van der Waals surface area contributed by atoms with Crippen LogP contribution in [0.25, 0.3) is 10.4 Å². The maximum atomic E-state index is 12.2. The van der Waals surface area contributed by atoms with Gasteiger partial charge in [0.2, 0.25) is 0 Å². The first-order valence-electron chi connectivity index (χ1n) is 8.67. The number of ether oxygens (including phenoxy) is 5. The summed E-state index contributed by atoms with van der Waals surface area (Å²) in [5.41, 5.74) is 8.25. The summed E-state index contributed by atoms with van der Waals surface area (Å²) < 4.78 is 25.5. The number of hydrogen-bond acceptors (Lipinski definition) is 11. The third-order valence-electron chi connectivity index (χ3n) is 3.63. The highest BCUT2D eigenvalue weighted by Gasteiger charge is 2.51. The molecule has 0 aromatic heterocycles. The van der Waals surface area contributed by atoms with E-state index in [1.54, 1.807) is 0 Å². The summed E-state index contributed by atoms with van der Waals surface area (Å²) in [5.74, 6) is -3.01. The van der Waals surface area contributed by atoms with Crippen LogP contribution in [0.1, 0.15) is 33.6 Å². The maximum Gasteiger partial charge on any atom is 0.306 e. The van der Waals surface area contributed by atoms with Gasteiger partial charge < -0.3 is 28.8 Å². The van der Waals surface area contributed by atoms with Crippen molar-refractivity contribution in [2.24, 2.45) is 5.11 Å². The van der Waals surface area contributed by atoms with Crippen LogP contribution in [-0.2, 0) is 42.9 Å². The lowest BCUT2D eigenvalue weighted by atomic mass is 9.98. The predicted molar refractivity (Wildman–Crippen MR) is 91.7 cm³/mol. The second-order valence-electron chi connectivity index (χ2n) is 6.03. The Kier molecular flexibility index (Phi) is 9.86. The fourth-order valence-corrected chi connectivity index (χ4v) is 2.56. The first kappa shape index (κ1) is 24.1. The number of esters is 4. The van der Waals surface area contributed by atoms with Gasteiger partial charge in [0, 0.05) is 38.6 Å². The number of aliphatic hydroxyl groups is 1. The van der Waals surface area contributed by atoms with Crippen LogP contribution in [0, 0.1) is 0 Å². The third-order valence-corrected chi connectivity index (χ3v) is 3.63. The molecule has 0 amide bonds. The zero-order valence-electron chi connectivity index (χ0n) is 16.2. The molecule has 5 atom stereocenters. The second-order valence-corrected chi connectivity index (χ2v) is 6.03. The number of hydrogen-bond donors (Lipinski definition) is 1. The highest BCUT2D eigenvalue weighted by atomic mass is 16.7. The van der Waals surface area contributed by atoms with Gasteiger partial charge in [-0.3, -0.25) is 19.2 Å². The summed E-state index contributed by atoms with van der Waals surface area (Å²) in [6.45, 7) is 2.94. The van der Waals surface area contributed by atoms with E-state index in [1.165, 1.54) is 0 Å². The molecule has 29 heavy (non-hydrogen) atoms. The van der Waals surface area contributed by atoms with Crippen molar-refractivity contribution in [3.05, 3.63) is 10.4 Å². The Hall–Kier alpha value is -2.89. The quantitative estimate of drug-likeness (QED) is 0.135. The Bertz CT molecular complexity index is 663. The number of carbonyl (C=O) groups excluding carboxylic acids is 4. The van der Waals surface area contributed by atoms with Gasteiger partial charge in [-0.15, -0.1) is 0 Å². The average molecular weight is 417 g/mol. The monoisotopic (exact) mass is 417 g/mol. The van der Waals surface area contributed by atoms with E-state index in [0.29, 0.717) is 0 Å². The van der Waals surface area contributed by atoms with Gasteiger partial charge in [-0.25, -0.2) is 0 Å². The van der Waals surface area contributed by atoms with Gasteiger partial charge in [-0.05, 0) is 12.0 Å². The summed E-state index contributed by atoms with van der Waals surface area (Å²) in [4.78, 5) is 48.8. The molecule has 0 spiro atoms. The summed E-state index contributed by atoms with van der Waals surface area (Å²) in [6.07, 6.45) is -7.16. The van der Waals surface area contributed by atoms with Crippen molar-refractivity contribution < 1.29 is 48.0 Å². The van der Waals surface area contributed by atoms with Crippen LogP contribution in [0.3, 0.4) is 0 Å². The molecule has 1 saturated heterocycles. The van der Waals surface area contributed by atoms with E-state index < -0.39 is 61.2 Å². The van der Waals surface area contributed by atoms with Gasteiger partial charge in [0.15, 0.2) is 24.6 Å². The van der Waals surface area contributed by atoms with Gasteiger partial charge in [-0.2, -0.15) is 0 Å². The number of nitrogens with zero attached hydrogens (tertiary/aromatic N) is 3. The molecule has 0 aliphatic carbocycles. The van der Waals surface area contributed by atoms with E-state index in [1.807, 2.05) is 0 Å². The number of azide groups is 1. The molecule has 0 aromatic carbocycles. The molecule has 13 heteroatoms. The molecule has 0 radical (unpaired) electrons. The minimum absolute atomic E-state index is 0.0534. The molecule has 13 nitrogen and oxygen atoms in total. The molecule has 162 valence electrons. The topological polar surface area (TPSA) is 183 Å². The molecule has 1 aliphatic rings. The van der Waals surface area contributed by atoms with E-state index in [2.05, 4.69) is 10.0 Å². The molecule has 0 aromatic rings. The molecule has 0 unspecified atom stereocenters. The maximum absolute atomic E-state index is 12.2. The smallest absolute Gasteiger partial charge is 0.306 e. The van der Waals surface area contributed by atoms with Crippen molar-refractivity contribution >= 4 is 23.9 Å². The van der Waals surface area contributed by atoms with E-state index in [-0.39, 0.29) is 19.4 Å². The van der Waals surface area contributed by atoms with Gasteiger partial charge in [0.1, 0.15) is 12.7 Å². The molecule has 0 bridgehead atoms. The SMILES string of the molecule is CC(=O)OC[C@H]1O[C@H](O)[C@@H](OC(C)=O)[C@@H](OC(=O)CCCN=[N+]=[N-])[C@@H]1OC(C)=O. The van der Waals surface area contributed by atoms with Crippen molar-refractivity contribution in [2.75, 3.05) is 13.2 Å². The fraction of sp³-hybridized carbons (Fsp3) is 0.750. The molecule has 1 N–H and O–H groups in total. The Morgan fingerprint density at radius 2 is 1.62 bits per heavy atom. The van der Waals surface area contributed by atoms with Gasteiger partial charge in [0.05, 0.1) is 0 Å². The summed E-state index contributed by atoms with van der Waals surface area (Å²) in [6, 6.07) is 0. The molecular formula is C16H23N3O10. The molecule has 1 aliphatic heterocycles. The summed E-state index contributed by atoms with van der Waals surface area (Å²) >= 11 is 0. The lowest BCUT2D eigenvalue weighted by Crippen LogP contribution is -2.62. The van der Waals surface area contributed by atoms with Crippen molar-refractivity contribution in [3.63, 3.8) is 0 Å². The minimum Gasteiger partial charge on any atom is -0.463 e. The Morgan fingerprint density at radius 1 is 1.00 bits per heavy atom. The van der Waals surface area contributed by atoms with E-state index in [9.17, 15) is 24.3 Å². The first-order chi connectivity index (χ1) is 13.6. The third kappa shape index (κ3) is 8.34.